The first kappa shape index (κ1) is 17.9. The monoisotopic (exact) mass is 304 g/mol. The van der Waals surface area contributed by atoms with E-state index in [0.29, 0.717) is 17.8 Å². The molecule has 0 aliphatic carbocycles. The van der Waals surface area contributed by atoms with Crippen molar-refractivity contribution in [2.75, 3.05) is 18.4 Å². The summed E-state index contributed by atoms with van der Waals surface area (Å²) in [4.78, 5) is 36.3. The third-order valence-corrected chi connectivity index (χ3v) is 3.39. The molecule has 0 saturated carbocycles. The quantitative estimate of drug-likeness (QED) is 0.593. The number of ketones is 1. The Balaban J connectivity index is 2.55. The van der Waals surface area contributed by atoms with Crippen molar-refractivity contribution in [2.45, 2.75) is 40.0 Å². The highest BCUT2D eigenvalue weighted by atomic mass is 16.2. The van der Waals surface area contributed by atoms with Crippen LogP contribution in [-0.2, 0) is 9.59 Å². The molecule has 1 N–H and O–H groups in total. The van der Waals surface area contributed by atoms with Gasteiger partial charge >= 0.3 is 0 Å². The van der Waals surface area contributed by atoms with E-state index >= 15 is 0 Å². The SMILES string of the molecule is CCCCCN(CC(=O)Nc1ccc(C(C)=O)cc1)C(C)=O. The lowest BCUT2D eigenvalue weighted by atomic mass is 10.1. The average molecular weight is 304 g/mol. The average Bonchev–Trinajstić information content (AvgIpc) is 2.46. The lowest BCUT2D eigenvalue weighted by Gasteiger charge is -2.20. The third-order valence-electron chi connectivity index (χ3n) is 3.39. The van der Waals surface area contributed by atoms with Crippen LogP contribution in [0.15, 0.2) is 24.3 Å². The minimum Gasteiger partial charge on any atom is -0.334 e. The molecule has 0 radical (unpaired) electrons. The van der Waals surface area contributed by atoms with Gasteiger partial charge in [-0.1, -0.05) is 19.8 Å². The van der Waals surface area contributed by atoms with Crippen molar-refractivity contribution in [3.05, 3.63) is 29.8 Å². The third kappa shape index (κ3) is 6.08. The van der Waals surface area contributed by atoms with E-state index in [0.717, 1.165) is 19.3 Å². The minimum atomic E-state index is -0.234. The normalized spacial score (nSPS) is 10.1. The molecule has 0 spiro atoms. The van der Waals surface area contributed by atoms with Gasteiger partial charge in [-0.05, 0) is 37.6 Å². The number of amides is 2. The van der Waals surface area contributed by atoms with E-state index in [-0.39, 0.29) is 24.1 Å². The summed E-state index contributed by atoms with van der Waals surface area (Å²) in [5, 5.41) is 2.74. The largest absolute Gasteiger partial charge is 0.334 e. The smallest absolute Gasteiger partial charge is 0.243 e. The number of Topliss-reactive ketones (excluding diaryl/α,β-unsaturated/α-hetero) is 1. The molecule has 0 aliphatic heterocycles. The van der Waals surface area contributed by atoms with Crippen LogP contribution < -0.4 is 5.32 Å². The van der Waals surface area contributed by atoms with Crippen LogP contribution in [-0.4, -0.2) is 35.6 Å². The fourth-order valence-corrected chi connectivity index (χ4v) is 2.06. The van der Waals surface area contributed by atoms with Crippen molar-refractivity contribution in [1.82, 2.24) is 4.90 Å². The molecule has 0 unspecified atom stereocenters. The van der Waals surface area contributed by atoms with Gasteiger partial charge in [0.1, 0.15) is 0 Å². The molecule has 0 bridgehead atoms. The number of hydrogen-bond acceptors (Lipinski definition) is 3. The molecule has 0 atom stereocenters. The van der Waals surface area contributed by atoms with Gasteiger partial charge < -0.3 is 10.2 Å². The zero-order chi connectivity index (χ0) is 16.5. The Kier molecular flexibility index (Phi) is 7.29. The topological polar surface area (TPSA) is 66.5 Å². The number of nitrogens with one attached hydrogen (secondary N) is 1. The van der Waals surface area contributed by atoms with Gasteiger partial charge in [-0.15, -0.1) is 0 Å². The lowest BCUT2D eigenvalue weighted by molar-refractivity contribution is -0.132. The molecule has 0 saturated heterocycles. The molecule has 1 rings (SSSR count). The molecule has 0 heterocycles. The van der Waals surface area contributed by atoms with Crippen LogP contribution in [0.3, 0.4) is 0 Å². The Morgan fingerprint density at radius 2 is 1.68 bits per heavy atom. The molecule has 2 amide bonds. The van der Waals surface area contributed by atoms with Gasteiger partial charge in [0.25, 0.3) is 0 Å². The molecule has 1 aromatic rings. The highest BCUT2D eigenvalue weighted by Gasteiger charge is 2.13. The zero-order valence-electron chi connectivity index (χ0n) is 13.5. The first-order chi connectivity index (χ1) is 10.4. The van der Waals surface area contributed by atoms with E-state index in [2.05, 4.69) is 12.2 Å². The van der Waals surface area contributed by atoms with Crippen LogP contribution >= 0.6 is 0 Å². The predicted molar refractivity (Wildman–Crippen MR) is 86.9 cm³/mol. The number of unbranched alkanes of at least 4 members (excludes halogenated alkanes) is 2. The zero-order valence-corrected chi connectivity index (χ0v) is 13.5. The Labute approximate surface area is 131 Å². The van der Waals surface area contributed by atoms with Gasteiger partial charge in [0.05, 0.1) is 6.54 Å². The van der Waals surface area contributed by atoms with E-state index < -0.39 is 0 Å². The molecule has 120 valence electrons. The van der Waals surface area contributed by atoms with Crippen LogP contribution in [0.5, 0.6) is 0 Å². The number of nitrogens with zero attached hydrogens (tertiary/aromatic N) is 1. The van der Waals surface area contributed by atoms with Crippen molar-refractivity contribution in [1.29, 1.82) is 0 Å². The van der Waals surface area contributed by atoms with Gasteiger partial charge in [0.2, 0.25) is 11.8 Å². The van der Waals surface area contributed by atoms with Gasteiger partial charge in [-0.3, -0.25) is 14.4 Å². The lowest BCUT2D eigenvalue weighted by Crippen LogP contribution is -2.37. The Morgan fingerprint density at radius 1 is 1.05 bits per heavy atom. The highest BCUT2D eigenvalue weighted by Crippen LogP contribution is 2.10. The Hall–Kier alpha value is -2.17. The van der Waals surface area contributed by atoms with Crippen LogP contribution in [0.25, 0.3) is 0 Å². The number of carbonyl (C=O) groups is 3. The molecular weight excluding hydrogens is 280 g/mol. The maximum Gasteiger partial charge on any atom is 0.243 e. The summed E-state index contributed by atoms with van der Waals surface area (Å²) in [6.07, 6.45) is 3.01. The second-order valence-electron chi connectivity index (χ2n) is 5.33. The predicted octanol–water partition coefficient (Wildman–Crippen LogP) is 2.87. The first-order valence-electron chi connectivity index (χ1n) is 7.60. The van der Waals surface area contributed by atoms with Gasteiger partial charge in [0.15, 0.2) is 5.78 Å². The molecule has 0 aliphatic rings. The molecule has 5 heteroatoms. The first-order valence-corrected chi connectivity index (χ1v) is 7.60. The summed E-state index contributed by atoms with van der Waals surface area (Å²) < 4.78 is 0. The Bertz CT molecular complexity index is 523. The van der Waals surface area contributed by atoms with E-state index in [9.17, 15) is 14.4 Å². The fourth-order valence-electron chi connectivity index (χ4n) is 2.06. The van der Waals surface area contributed by atoms with Gasteiger partial charge in [-0.2, -0.15) is 0 Å². The minimum absolute atomic E-state index is 0.0171. The van der Waals surface area contributed by atoms with E-state index in [4.69, 9.17) is 0 Å². The number of hydrogen-bond donors (Lipinski definition) is 1. The van der Waals surface area contributed by atoms with Crippen molar-refractivity contribution in [3.8, 4) is 0 Å². The molecule has 5 nitrogen and oxygen atoms in total. The summed E-state index contributed by atoms with van der Waals surface area (Å²) in [5.74, 6) is -0.350. The van der Waals surface area contributed by atoms with E-state index in [1.807, 2.05) is 0 Å². The fraction of sp³-hybridized carbons (Fsp3) is 0.471. The number of benzene rings is 1. The van der Waals surface area contributed by atoms with Crippen molar-refractivity contribution in [2.24, 2.45) is 0 Å². The van der Waals surface area contributed by atoms with Crippen LogP contribution in [0, 0.1) is 0 Å². The summed E-state index contributed by atoms with van der Waals surface area (Å²) in [6.45, 7) is 5.71. The summed E-state index contributed by atoms with van der Waals surface area (Å²) in [7, 11) is 0. The van der Waals surface area contributed by atoms with Crippen LogP contribution in [0.4, 0.5) is 5.69 Å². The highest BCUT2D eigenvalue weighted by molar-refractivity contribution is 5.96. The number of anilines is 1. The summed E-state index contributed by atoms with van der Waals surface area (Å²) in [6, 6.07) is 6.71. The number of rotatable bonds is 8. The summed E-state index contributed by atoms with van der Waals surface area (Å²) in [5.41, 5.74) is 1.22. The molecular formula is C17H24N2O3. The second kappa shape index (κ2) is 8.97. The number of carbonyl (C=O) groups excluding carboxylic acids is 3. The van der Waals surface area contributed by atoms with E-state index in [1.54, 1.807) is 29.2 Å². The van der Waals surface area contributed by atoms with E-state index in [1.165, 1.54) is 13.8 Å². The van der Waals surface area contributed by atoms with Gasteiger partial charge in [-0.25, -0.2) is 0 Å². The van der Waals surface area contributed by atoms with Crippen molar-refractivity contribution in [3.63, 3.8) is 0 Å². The standard InChI is InChI=1S/C17H24N2O3/c1-4-5-6-11-19(14(3)21)12-17(22)18-16-9-7-15(8-10-16)13(2)20/h7-10H,4-6,11-12H2,1-3H3,(H,18,22). The van der Waals surface area contributed by atoms with Gasteiger partial charge in [0, 0.05) is 24.7 Å². The van der Waals surface area contributed by atoms with Crippen molar-refractivity contribution >= 4 is 23.3 Å². The maximum absolute atomic E-state index is 12.0. The van der Waals surface area contributed by atoms with Crippen LogP contribution in [0.2, 0.25) is 0 Å². The maximum atomic E-state index is 12.0. The van der Waals surface area contributed by atoms with Crippen LogP contribution in [0.1, 0.15) is 50.4 Å². The molecule has 0 aromatic heterocycles. The second-order valence-corrected chi connectivity index (χ2v) is 5.33. The Morgan fingerprint density at radius 3 is 2.18 bits per heavy atom. The summed E-state index contributed by atoms with van der Waals surface area (Å²) >= 11 is 0. The molecule has 1 aromatic carbocycles. The molecule has 22 heavy (non-hydrogen) atoms. The van der Waals surface area contributed by atoms with Crippen molar-refractivity contribution < 1.29 is 14.4 Å². The molecule has 0 fully saturated rings.